The fourth-order valence-electron chi connectivity index (χ4n) is 1.92. The Morgan fingerprint density at radius 1 is 1.11 bits per heavy atom. The molecule has 0 aliphatic carbocycles. The van der Waals surface area contributed by atoms with Crippen LogP contribution in [-0.2, 0) is 6.54 Å². The van der Waals surface area contributed by atoms with Crippen LogP contribution in [0.3, 0.4) is 0 Å². The highest BCUT2D eigenvalue weighted by molar-refractivity contribution is 7.99. The number of hydrogen-bond acceptors (Lipinski definition) is 2. The second-order valence-electron chi connectivity index (χ2n) is 4.26. The zero-order valence-electron chi connectivity index (χ0n) is 10.6. The molecule has 0 bridgehead atoms. The predicted molar refractivity (Wildman–Crippen MR) is 76.4 cm³/mol. The normalized spacial score (nSPS) is 11.0. The van der Waals surface area contributed by atoms with E-state index < -0.39 is 5.76 Å². The molecule has 2 aromatic carbocycles. The summed E-state index contributed by atoms with van der Waals surface area (Å²) in [7, 11) is 0. The van der Waals surface area contributed by atoms with Crippen LogP contribution in [0.15, 0.2) is 47.4 Å². The van der Waals surface area contributed by atoms with E-state index in [1.807, 2.05) is 37.3 Å². The van der Waals surface area contributed by atoms with Crippen LogP contribution in [0.4, 0.5) is 8.78 Å². The minimum Gasteiger partial charge on any atom is -0.326 e. The topological polar surface area (TPSA) is 26.0 Å². The lowest BCUT2D eigenvalue weighted by atomic mass is 9.98. The van der Waals surface area contributed by atoms with Crippen molar-refractivity contribution >= 4 is 11.8 Å². The lowest BCUT2D eigenvalue weighted by molar-refractivity contribution is 0.252. The number of benzene rings is 2. The second kappa shape index (κ2) is 6.17. The molecule has 0 saturated heterocycles. The first-order chi connectivity index (χ1) is 9.10. The fraction of sp³-hybridized carbons (Fsp3) is 0.200. The van der Waals surface area contributed by atoms with Crippen LogP contribution in [0.1, 0.15) is 11.1 Å². The van der Waals surface area contributed by atoms with E-state index in [9.17, 15) is 8.78 Å². The summed E-state index contributed by atoms with van der Waals surface area (Å²) in [5, 5.41) is 0. The van der Waals surface area contributed by atoms with Gasteiger partial charge < -0.3 is 5.73 Å². The van der Waals surface area contributed by atoms with E-state index in [1.165, 1.54) is 0 Å². The molecule has 0 aliphatic heterocycles. The molecule has 1 nitrogen and oxygen atoms in total. The minimum absolute atomic E-state index is 0.493. The van der Waals surface area contributed by atoms with Gasteiger partial charge in [-0.1, -0.05) is 36.0 Å². The fourth-order valence-corrected chi connectivity index (χ4v) is 2.42. The number of rotatable bonds is 4. The molecule has 0 spiro atoms. The molecule has 0 aromatic heterocycles. The molecule has 4 heteroatoms. The zero-order chi connectivity index (χ0) is 13.8. The van der Waals surface area contributed by atoms with Crippen molar-refractivity contribution < 1.29 is 8.78 Å². The second-order valence-corrected chi connectivity index (χ2v) is 5.32. The Morgan fingerprint density at radius 3 is 2.37 bits per heavy atom. The summed E-state index contributed by atoms with van der Waals surface area (Å²) in [6.45, 7) is 2.52. The van der Waals surface area contributed by atoms with Crippen molar-refractivity contribution in [2.24, 2.45) is 5.73 Å². The molecule has 19 heavy (non-hydrogen) atoms. The van der Waals surface area contributed by atoms with Crippen LogP contribution in [0.25, 0.3) is 11.1 Å². The molecule has 2 aromatic rings. The van der Waals surface area contributed by atoms with Crippen LogP contribution in [0.2, 0.25) is 0 Å². The third kappa shape index (κ3) is 3.55. The standard InChI is InChI=1S/C15H15F2NS/c1-10-2-3-11(9-18)8-14(10)12-4-6-13(7-5-12)19-15(16)17/h2-8,15H,9,18H2,1H3. The maximum Gasteiger partial charge on any atom is 0.288 e. The zero-order valence-corrected chi connectivity index (χ0v) is 11.4. The third-order valence-electron chi connectivity index (χ3n) is 2.93. The Hall–Kier alpha value is -1.39. The Kier molecular flexibility index (Phi) is 4.56. The molecule has 0 unspecified atom stereocenters. The van der Waals surface area contributed by atoms with E-state index in [2.05, 4.69) is 0 Å². The van der Waals surface area contributed by atoms with E-state index in [4.69, 9.17) is 5.73 Å². The van der Waals surface area contributed by atoms with Crippen LogP contribution >= 0.6 is 11.8 Å². The molecule has 0 aliphatic rings. The van der Waals surface area contributed by atoms with Crippen molar-refractivity contribution in [2.45, 2.75) is 24.1 Å². The van der Waals surface area contributed by atoms with Gasteiger partial charge in [0.25, 0.3) is 5.76 Å². The van der Waals surface area contributed by atoms with Crippen LogP contribution in [0, 0.1) is 6.92 Å². The van der Waals surface area contributed by atoms with Gasteiger partial charge in [-0.2, -0.15) is 8.78 Å². The summed E-state index contributed by atoms with van der Waals surface area (Å²) in [6.07, 6.45) is 0. The van der Waals surface area contributed by atoms with Gasteiger partial charge in [-0.15, -0.1) is 0 Å². The van der Waals surface area contributed by atoms with Gasteiger partial charge in [-0.25, -0.2) is 0 Å². The Balaban J connectivity index is 2.31. The van der Waals surface area contributed by atoms with Crippen LogP contribution in [-0.4, -0.2) is 5.76 Å². The number of aryl methyl sites for hydroxylation is 1. The minimum atomic E-state index is -2.38. The average molecular weight is 279 g/mol. The maximum absolute atomic E-state index is 12.3. The summed E-state index contributed by atoms with van der Waals surface area (Å²) < 4.78 is 24.5. The lowest BCUT2D eigenvalue weighted by Gasteiger charge is -2.09. The number of nitrogens with two attached hydrogens (primary N) is 1. The van der Waals surface area contributed by atoms with Gasteiger partial charge in [-0.3, -0.25) is 0 Å². The number of alkyl halides is 2. The smallest absolute Gasteiger partial charge is 0.288 e. The van der Waals surface area contributed by atoms with Crippen molar-refractivity contribution in [1.29, 1.82) is 0 Å². The molecule has 0 saturated carbocycles. The first-order valence-corrected chi connectivity index (χ1v) is 6.83. The SMILES string of the molecule is Cc1ccc(CN)cc1-c1ccc(SC(F)F)cc1. The Bertz CT molecular complexity index is 553. The first kappa shape index (κ1) is 14.0. The lowest BCUT2D eigenvalue weighted by Crippen LogP contribution is -1.97. The van der Waals surface area contributed by atoms with E-state index in [0.29, 0.717) is 23.2 Å². The molecule has 0 atom stereocenters. The van der Waals surface area contributed by atoms with Gasteiger partial charge >= 0.3 is 0 Å². The molecule has 2 N–H and O–H groups in total. The summed E-state index contributed by atoms with van der Waals surface area (Å²) in [5.74, 6) is -2.38. The van der Waals surface area contributed by atoms with Crippen molar-refractivity contribution in [3.05, 3.63) is 53.6 Å². The largest absolute Gasteiger partial charge is 0.326 e. The van der Waals surface area contributed by atoms with Crippen molar-refractivity contribution in [3.63, 3.8) is 0 Å². The quantitative estimate of drug-likeness (QED) is 0.838. The predicted octanol–water partition coefficient (Wildman–Crippen LogP) is 4.44. The summed E-state index contributed by atoms with van der Waals surface area (Å²) >= 11 is 0.561. The Labute approximate surface area is 115 Å². The van der Waals surface area contributed by atoms with Gasteiger partial charge in [0.1, 0.15) is 0 Å². The summed E-state index contributed by atoms with van der Waals surface area (Å²) in [6, 6.07) is 13.3. The third-order valence-corrected chi connectivity index (χ3v) is 3.65. The number of hydrogen-bond donors (Lipinski definition) is 1. The van der Waals surface area contributed by atoms with Crippen molar-refractivity contribution in [2.75, 3.05) is 0 Å². The van der Waals surface area contributed by atoms with Gasteiger partial charge in [0.15, 0.2) is 0 Å². The van der Waals surface area contributed by atoms with Gasteiger partial charge in [0.2, 0.25) is 0 Å². The van der Waals surface area contributed by atoms with E-state index >= 15 is 0 Å². The van der Waals surface area contributed by atoms with Gasteiger partial charge in [-0.05, 0) is 47.4 Å². The molecular weight excluding hydrogens is 264 g/mol. The van der Waals surface area contributed by atoms with Crippen LogP contribution in [0.5, 0.6) is 0 Å². The highest BCUT2D eigenvalue weighted by Crippen LogP contribution is 2.29. The molecule has 0 radical (unpaired) electrons. The summed E-state index contributed by atoms with van der Waals surface area (Å²) in [5.41, 5.74) is 9.96. The molecule has 2 rings (SSSR count). The average Bonchev–Trinajstić information content (AvgIpc) is 2.40. The molecular formula is C15H15F2NS. The Morgan fingerprint density at radius 2 is 1.79 bits per heavy atom. The summed E-state index contributed by atoms with van der Waals surface area (Å²) in [4.78, 5) is 0.575. The highest BCUT2D eigenvalue weighted by Gasteiger charge is 2.07. The molecule has 0 fully saturated rings. The number of halogens is 2. The van der Waals surface area contributed by atoms with E-state index in [-0.39, 0.29) is 0 Å². The van der Waals surface area contributed by atoms with Crippen molar-refractivity contribution in [3.8, 4) is 11.1 Å². The first-order valence-electron chi connectivity index (χ1n) is 5.95. The van der Waals surface area contributed by atoms with Crippen molar-refractivity contribution in [1.82, 2.24) is 0 Å². The molecule has 0 amide bonds. The van der Waals surface area contributed by atoms with Crippen LogP contribution < -0.4 is 5.73 Å². The molecule has 100 valence electrons. The molecule has 0 heterocycles. The number of thioether (sulfide) groups is 1. The van der Waals surface area contributed by atoms with E-state index in [0.717, 1.165) is 22.3 Å². The van der Waals surface area contributed by atoms with Gasteiger partial charge in [0.05, 0.1) is 0 Å². The van der Waals surface area contributed by atoms with E-state index in [1.54, 1.807) is 12.1 Å². The maximum atomic E-state index is 12.3. The van der Waals surface area contributed by atoms with Gasteiger partial charge in [0, 0.05) is 11.4 Å². The monoisotopic (exact) mass is 279 g/mol. The highest BCUT2D eigenvalue weighted by atomic mass is 32.2.